The molecule has 0 atom stereocenters. The second-order valence-electron chi connectivity index (χ2n) is 9.64. The van der Waals surface area contributed by atoms with E-state index in [0.717, 1.165) is 18.8 Å². The summed E-state index contributed by atoms with van der Waals surface area (Å²) in [5.41, 5.74) is 6.21. The maximum Gasteiger partial charge on any atom is 0.330 e. The van der Waals surface area contributed by atoms with Crippen LogP contribution in [0.4, 0.5) is 17.2 Å². The van der Waals surface area contributed by atoms with Crippen LogP contribution in [-0.2, 0) is 11.3 Å². The van der Waals surface area contributed by atoms with Crippen LogP contribution < -0.4 is 26.8 Å². The van der Waals surface area contributed by atoms with Gasteiger partial charge in [0.15, 0.2) is 5.69 Å². The lowest BCUT2D eigenvalue weighted by atomic mass is 10.2. The first-order chi connectivity index (χ1) is 16.1. The molecule has 0 spiro atoms. The molecule has 3 rings (SSSR count). The number of nitrogen functional groups attached to an aromatic ring is 1. The Hall–Kier alpha value is -2.78. The predicted molar refractivity (Wildman–Crippen MR) is 138 cm³/mol. The van der Waals surface area contributed by atoms with Crippen molar-refractivity contribution in [1.29, 1.82) is 0 Å². The fraction of sp³-hybridized carbons (Fsp3) is 0.542. The number of H-pyrrole nitrogens is 1. The number of carbonyl (C=O) groups excluding carboxylic acids is 1. The van der Waals surface area contributed by atoms with E-state index < -0.39 is 11.2 Å². The van der Waals surface area contributed by atoms with Crippen molar-refractivity contribution in [3.05, 3.63) is 50.1 Å². The maximum absolute atomic E-state index is 13.4. The van der Waals surface area contributed by atoms with Gasteiger partial charge in [-0.2, -0.15) is 0 Å². The first-order valence-corrected chi connectivity index (χ1v) is 12.1. The van der Waals surface area contributed by atoms with Crippen LogP contribution in [0.2, 0.25) is 5.02 Å². The SMILES string of the molecule is CC(C)CN(C(=O)CN1CCN(c2cccc(Cl)c2)CC1)c1c(N)n(CC(C)C)c(=O)[nH]c1=O. The fourth-order valence-electron chi connectivity index (χ4n) is 4.18. The summed E-state index contributed by atoms with van der Waals surface area (Å²) in [7, 11) is 0. The molecule has 2 heterocycles. The van der Waals surface area contributed by atoms with Gasteiger partial charge in [0.1, 0.15) is 5.82 Å². The van der Waals surface area contributed by atoms with Crippen LogP contribution in [0.15, 0.2) is 33.9 Å². The number of hydrogen-bond donors (Lipinski definition) is 2. The average molecular weight is 491 g/mol. The minimum Gasteiger partial charge on any atom is -0.383 e. The molecule has 1 aliphatic heterocycles. The molecule has 0 saturated carbocycles. The molecule has 3 N–H and O–H groups in total. The molecular formula is C24H35ClN6O3. The van der Waals surface area contributed by atoms with Gasteiger partial charge in [-0.25, -0.2) is 4.79 Å². The van der Waals surface area contributed by atoms with Crippen molar-refractivity contribution in [3.8, 4) is 0 Å². The Balaban J connectivity index is 1.78. The standard InChI is InChI=1S/C24H35ClN6O3/c1-16(2)13-30(21-22(26)31(14-17(3)4)24(34)27-23(21)33)20(32)15-28-8-10-29(11-9-28)19-7-5-6-18(25)12-19/h5-7,12,16-17H,8-11,13-15,26H2,1-4H3,(H,27,33,34). The van der Waals surface area contributed by atoms with Gasteiger partial charge in [0.05, 0.1) is 6.54 Å². The Morgan fingerprint density at radius 1 is 1.12 bits per heavy atom. The number of piperazine rings is 1. The van der Waals surface area contributed by atoms with Crippen molar-refractivity contribution in [1.82, 2.24) is 14.5 Å². The molecule has 1 fully saturated rings. The smallest absolute Gasteiger partial charge is 0.330 e. The van der Waals surface area contributed by atoms with Crippen molar-refractivity contribution >= 4 is 34.7 Å². The van der Waals surface area contributed by atoms with Crippen LogP contribution in [0.25, 0.3) is 0 Å². The van der Waals surface area contributed by atoms with Gasteiger partial charge in [-0.15, -0.1) is 0 Å². The molecule has 1 aromatic heterocycles. The number of carbonyl (C=O) groups is 1. The Labute approximate surface area is 205 Å². The van der Waals surface area contributed by atoms with E-state index in [2.05, 4.69) is 14.8 Å². The molecule has 1 saturated heterocycles. The molecular weight excluding hydrogens is 456 g/mol. The molecule has 0 unspecified atom stereocenters. The third kappa shape index (κ3) is 6.21. The first-order valence-electron chi connectivity index (χ1n) is 11.7. The number of benzene rings is 1. The van der Waals surface area contributed by atoms with E-state index in [4.69, 9.17) is 17.3 Å². The van der Waals surface area contributed by atoms with Crippen LogP contribution in [0, 0.1) is 11.8 Å². The lowest BCUT2D eigenvalue weighted by molar-refractivity contribution is -0.120. The molecule has 1 aromatic carbocycles. The third-order valence-electron chi connectivity index (χ3n) is 5.79. The molecule has 34 heavy (non-hydrogen) atoms. The Bertz CT molecular complexity index is 1120. The molecule has 2 aromatic rings. The molecule has 10 heteroatoms. The quantitative estimate of drug-likeness (QED) is 0.587. The highest BCUT2D eigenvalue weighted by atomic mass is 35.5. The van der Waals surface area contributed by atoms with Gasteiger partial charge in [-0.05, 0) is 30.0 Å². The summed E-state index contributed by atoms with van der Waals surface area (Å²) in [6.45, 7) is 11.6. The number of nitrogens with zero attached hydrogens (tertiary/aromatic N) is 4. The second-order valence-corrected chi connectivity index (χ2v) is 10.1. The summed E-state index contributed by atoms with van der Waals surface area (Å²) in [6, 6.07) is 7.74. The van der Waals surface area contributed by atoms with Gasteiger partial charge < -0.3 is 15.5 Å². The van der Waals surface area contributed by atoms with Gasteiger partial charge in [0.25, 0.3) is 5.56 Å². The zero-order valence-corrected chi connectivity index (χ0v) is 21.1. The van der Waals surface area contributed by atoms with E-state index in [0.29, 0.717) is 31.2 Å². The number of nitrogens with two attached hydrogens (primary N) is 1. The Kier molecular flexibility index (Phi) is 8.43. The van der Waals surface area contributed by atoms with E-state index in [1.807, 2.05) is 52.0 Å². The molecule has 186 valence electrons. The van der Waals surface area contributed by atoms with Gasteiger partial charge >= 0.3 is 5.69 Å². The number of hydrogen-bond acceptors (Lipinski definition) is 6. The number of rotatable bonds is 8. The van der Waals surface area contributed by atoms with Crippen molar-refractivity contribution in [2.45, 2.75) is 34.2 Å². The van der Waals surface area contributed by atoms with Crippen LogP contribution in [0.3, 0.4) is 0 Å². The zero-order valence-electron chi connectivity index (χ0n) is 20.4. The van der Waals surface area contributed by atoms with Crippen molar-refractivity contribution in [3.63, 3.8) is 0 Å². The highest BCUT2D eigenvalue weighted by molar-refractivity contribution is 6.30. The zero-order chi connectivity index (χ0) is 25.0. The van der Waals surface area contributed by atoms with Gasteiger partial charge in [0, 0.05) is 50.0 Å². The number of amides is 1. The normalized spacial score (nSPS) is 14.7. The lowest BCUT2D eigenvalue weighted by Gasteiger charge is -2.37. The number of anilines is 3. The van der Waals surface area contributed by atoms with Crippen LogP contribution in [0.1, 0.15) is 27.7 Å². The van der Waals surface area contributed by atoms with E-state index in [1.54, 1.807) is 0 Å². The van der Waals surface area contributed by atoms with Gasteiger partial charge in [-0.3, -0.25) is 24.0 Å². The summed E-state index contributed by atoms with van der Waals surface area (Å²) in [4.78, 5) is 46.6. The van der Waals surface area contributed by atoms with E-state index in [1.165, 1.54) is 9.47 Å². The van der Waals surface area contributed by atoms with Gasteiger partial charge in [0.2, 0.25) is 5.91 Å². The topological polar surface area (TPSA) is 108 Å². The summed E-state index contributed by atoms with van der Waals surface area (Å²) in [5, 5.41) is 0.695. The van der Waals surface area contributed by atoms with Gasteiger partial charge in [-0.1, -0.05) is 45.4 Å². The second kappa shape index (κ2) is 11.1. The van der Waals surface area contributed by atoms with E-state index >= 15 is 0 Å². The first kappa shape index (κ1) is 25.8. The molecule has 1 aliphatic rings. The summed E-state index contributed by atoms with van der Waals surface area (Å²) < 4.78 is 1.34. The molecule has 0 radical (unpaired) electrons. The largest absolute Gasteiger partial charge is 0.383 e. The lowest BCUT2D eigenvalue weighted by Crippen LogP contribution is -2.51. The summed E-state index contributed by atoms with van der Waals surface area (Å²) in [5.74, 6) is 0.0655. The number of aromatic nitrogens is 2. The molecule has 1 amide bonds. The van der Waals surface area contributed by atoms with E-state index in [-0.39, 0.29) is 35.8 Å². The van der Waals surface area contributed by atoms with Crippen LogP contribution in [0.5, 0.6) is 0 Å². The third-order valence-corrected chi connectivity index (χ3v) is 6.02. The molecule has 9 nitrogen and oxygen atoms in total. The average Bonchev–Trinajstić information content (AvgIpc) is 2.76. The fourth-order valence-corrected chi connectivity index (χ4v) is 4.37. The minimum atomic E-state index is -0.637. The van der Waals surface area contributed by atoms with Crippen molar-refractivity contribution in [2.24, 2.45) is 11.8 Å². The minimum absolute atomic E-state index is 0.0298. The predicted octanol–water partition coefficient (Wildman–Crippen LogP) is 2.24. The number of aromatic amines is 1. The number of nitrogens with one attached hydrogen (secondary N) is 1. The summed E-state index contributed by atoms with van der Waals surface area (Å²) >= 11 is 6.12. The Morgan fingerprint density at radius 2 is 1.79 bits per heavy atom. The Morgan fingerprint density at radius 3 is 2.38 bits per heavy atom. The van der Waals surface area contributed by atoms with Crippen LogP contribution in [-0.4, -0.2) is 59.6 Å². The highest BCUT2D eigenvalue weighted by Gasteiger charge is 2.28. The highest BCUT2D eigenvalue weighted by Crippen LogP contribution is 2.22. The monoisotopic (exact) mass is 490 g/mol. The van der Waals surface area contributed by atoms with Crippen molar-refractivity contribution < 1.29 is 4.79 Å². The maximum atomic E-state index is 13.4. The summed E-state index contributed by atoms with van der Waals surface area (Å²) in [6.07, 6.45) is 0. The molecule has 0 aliphatic carbocycles. The van der Waals surface area contributed by atoms with E-state index in [9.17, 15) is 14.4 Å². The number of halogens is 1. The van der Waals surface area contributed by atoms with Crippen molar-refractivity contribution in [2.75, 3.05) is 54.8 Å². The molecule has 0 bridgehead atoms. The van der Waals surface area contributed by atoms with Crippen LogP contribution >= 0.6 is 11.6 Å².